The summed E-state index contributed by atoms with van der Waals surface area (Å²) in [5.74, 6) is 1.31. The normalized spacial score (nSPS) is 11.3. The summed E-state index contributed by atoms with van der Waals surface area (Å²) in [6.07, 6.45) is 1.18. The molecule has 0 saturated heterocycles. The minimum atomic E-state index is -3.18. The van der Waals surface area contributed by atoms with Gasteiger partial charge in [0.2, 0.25) is 0 Å². The fourth-order valence-corrected chi connectivity index (χ4v) is 2.39. The van der Waals surface area contributed by atoms with Gasteiger partial charge in [-0.3, -0.25) is 0 Å². The van der Waals surface area contributed by atoms with Crippen molar-refractivity contribution < 1.29 is 13.2 Å². The van der Waals surface area contributed by atoms with Gasteiger partial charge in [-0.2, -0.15) is 0 Å². The first kappa shape index (κ1) is 14.6. The van der Waals surface area contributed by atoms with Gasteiger partial charge in [-0.25, -0.2) is 8.42 Å². The van der Waals surface area contributed by atoms with E-state index in [2.05, 4.69) is 0 Å². The molecule has 0 aliphatic rings. The zero-order chi connectivity index (χ0) is 14.8. The van der Waals surface area contributed by atoms with Crippen LogP contribution in [0, 0.1) is 6.92 Å². The van der Waals surface area contributed by atoms with Crippen LogP contribution in [0.4, 0.5) is 0 Å². The molecule has 0 unspecified atom stereocenters. The smallest absolute Gasteiger partial charge is 0.175 e. The monoisotopic (exact) mass is 291 g/mol. The van der Waals surface area contributed by atoms with Gasteiger partial charge in [0.15, 0.2) is 9.84 Å². The molecular formula is C15H17NO3S. The van der Waals surface area contributed by atoms with E-state index in [9.17, 15) is 8.42 Å². The summed E-state index contributed by atoms with van der Waals surface area (Å²) >= 11 is 0. The van der Waals surface area contributed by atoms with E-state index in [1.54, 1.807) is 12.1 Å². The Kier molecular flexibility index (Phi) is 4.11. The molecule has 2 N–H and O–H groups in total. The Bertz CT molecular complexity index is 706. The lowest BCUT2D eigenvalue weighted by atomic mass is 10.1. The predicted molar refractivity (Wildman–Crippen MR) is 78.7 cm³/mol. The van der Waals surface area contributed by atoms with Crippen molar-refractivity contribution in [3.05, 3.63) is 53.6 Å². The molecule has 2 aromatic carbocycles. The van der Waals surface area contributed by atoms with E-state index in [1.807, 2.05) is 25.1 Å². The second kappa shape index (κ2) is 5.64. The van der Waals surface area contributed by atoms with E-state index in [-0.39, 0.29) is 4.90 Å². The molecule has 20 heavy (non-hydrogen) atoms. The quantitative estimate of drug-likeness (QED) is 0.940. The average molecular weight is 291 g/mol. The highest BCUT2D eigenvalue weighted by molar-refractivity contribution is 7.90. The maximum atomic E-state index is 11.4. The standard InChI is InChI=1S/C15H17NO3S/c1-11-3-4-12(10-16)9-15(11)19-13-5-7-14(8-6-13)20(2,17)18/h3-9H,10,16H2,1-2H3. The summed E-state index contributed by atoms with van der Waals surface area (Å²) in [4.78, 5) is 0.275. The summed E-state index contributed by atoms with van der Waals surface area (Å²) in [6.45, 7) is 2.39. The summed E-state index contributed by atoms with van der Waals surface area (Å²) in [5, 5.41) is 0. The van der Waals surface area contributed by atoms with Crippen molar-refractivity contribution in [1.29, 1.82) is 0 Å². The third-order valence-corrected chi connectivity index (χ3v) is 4.10. The van der Waals surface area contributed by atoms with Gasteiger partial charge < -0.3 is 10.5 Å². The number of hydrogen-bond acceptors (Lipinski definition) is 4. The van der Waals surface area contributed by atoms with Crippen molar-refractivity contribution in [2.24, 2.45) is 5.73 Å². The van der Waals surface area contributed by atoms with Gasteiger partial charge >= 0.3 is 0 Å². The lowest BCUT2D eigenvalue weighted by Crippen LogP contribution is -1.98. The lowest BCUT2D eigenvalue weighted by molar-refractivity contribution is 0.477. The zero-order valence-electron chi connectivity index (χ0n) is 11.5. The summed E-state index contributed by atoms with van der Waals surface area (Å²) in [7, 11) is -3.18. The van der Waals surface area contributed by atoms with Gasteiger partial charge in [-0.1, -0.05) is 12.1 Å². The second-order valence-corrected chi connectivity index (χ2v) is 6.67. The van der Waals surface area contributed by atoms with E-state index in [1.165, 1.54) is 18.4 Å². The molecule has 0 atom stereocenters. The molecule has 5 heteroatoms. The minimum absolute atomic E-state index is 0.275. The second-order valence-electron chi connectivity index (χ2n) is 4.65. The van der Waals surface area contributed by atoms with Crippen LogP contribution in [-0.4, -0.2) is 14.7 Å². The van der Waals surface area contributed by atoms with Gasteiger partial charge in [0, 0.05) is 12.8 Å². The Labute approximate surface area is 119 Å². The molecule has 0 aliphatic carbocycles. The number of hydrogen-bond donors (Lipinski definition) is 1. The van der Waals surface area contributed by atoms with Crippen molar-refractivity contribution >= 4 is 9.84 Å². The molecule has 0 spiro atoms. The van der Waals surface area contributed by atoms with Gasteiger partial charge in [0.05, 0.1) is 4.90 Å². The number of nitrogens with two attached hydrogens (primary N) is 1. The maximum absolute atomic E-state index is 11.4. The Hall–Kier alpha value is -1.85. The van der Waals surface area contributed by atoms with Crippen molar-refractivity contribution in [2.75, 3.05) is 6.26 Å². The van der Waals surface area contributed by atoms with Gasteiger partial charge in [0.25, 0.3) is 0 Å². The van der Waals surface area contributed by atoms with Gasteiger partial charge in [-0.15, -0.1) is 0 Å². The topological polar surface area (TPSA) is 69.4 Å². The maximum Gasteiger partial charge on any atom is 0.175 e. The van der Waals surface area contributed by atoms with Crippen LogP contribution in [0.15, 0.2) is 47.4 Å². The first-order chi connectivity index (χ1) is 9.40. The minimum Gasteiger partial charge on any atom is -0.457 e. The molecule has 0 saturated carbocycles. The first-order valence-corrected chi connectivity index (χ1v) is 8.07. The number of ether oxygens (including phenoxy) is 1. The molecule has 2 rings (SSSR count). The van der Waals surface area contributed by atoms with E-state index < -0.39 is 9.84 Å². The van der Waals surface area contributed by atoms with Crippen molar-refractivity contribution in [3.63, 3.8) is 0 Å². The van der Waals surface area contributed by atoms with E-state index in [0.29, 0.717) is 12.3 Å². The molecular weight excluding hydrogens is 274 g/mol. The zero-order valence-corrected chi connectivity index (χ0v) is 12.3. The number of rotatable bonds is 4. The molecule has 0 amide bonds. The van der Waals surface area contributed by atoms with Gasteiger partial charge in [-0.05, 0) is 48.4 Å². The van der Waals surface area contributed by atoms with Gasteiger partial charge in [0.1, 0.15) is 11.5 Å². The van der Waals surface area contributed by atoms with Crippen molar-refractivity contribution in [1.82, 2.24) is 0 Å². The van der Waals surface area contributed by atoms with Crippen LogP contribution in [0.5, 0.6) is 11.5 Å². The summed E-state index contributed by atoms with van der Waals surface area (Å²) in [6, 6.07) is 12.1. The highest BCUT2D eigenvalue weighted by Gasteiger charge is 2.08. The van der Waals surface area contributed by atoms with E-state index >= 15 is 0 Å². The molecule has 4 nitrogen and oxygen atoms in total. The Morgan fingerprint density at radius 2 is 1.75 bits per heavy atom. The summed E-state index contributed by atoms with van der Waals surface area (Å²) in [5.41, 5.74) is 7.59. The first-order valence-electron chi connectivity index (χ1n) is 6.18. The number of benzene rings is 2. The van der Waals surface area contributed by atoms with Crippen molar-refractivity contribution in [3.8, 4) is 11.5 Å². The molecule has 0 bridgehead atoms. The largest absolute Gasteiger partial charge is 0.457 e. The highest BCUT2D eigenvalue weighted by Crippen LogP contribution is 2.26. The molecule has 0 aromatic heterocycles. The number of sulfone groups is 1. The fraction of sp³-hybridized carbons (Fsp3) is 0.200. The molecule has 0 heterocycles. The Balaban J connectivity index is 2.26. The van der Waals surface area contributed by atoms with E-state index in [4.69, 9.17) is 10.5 Å². The molecule has 2 aromatic rings. The third-order valence-electron chi connectivity index (χ3n) is 2.97. The van der Waals surface area contributed by atoms with Crippen molar-refractivity contribution in [2.45, 2.75) is 18.4 Å². The number of aryl methyl sites for hydroxylation is 1. The van der Waals surface area contributed by atoms with Crippen LogP contribution in [0.25, 0.3) is 0 Å². The average Bonchev–Trinajstić information content (AvgIpc) is 2.41. The van der Waals surface area contributed by atoms with Crippen LogP contribution in [0.2, 0.25) is 0 Å². The van der Waals surface area contributed by atoms with Crippen LogP contribution in [0.1, 0.15) is 11.1 Å². The highest BCUT2D eigenvalue weighted by atomic mass is 32.2. The van der Waals surface area contributed by atoms with Crippen LogP contribution >= 0.6 is 0 Å². The molecule has 0 radical (unpaired) electrons. The molecule has 106 valence electrons. The van der Waals surface area contributed by atoms with Crippen LogP contribution < -0.4 is 10.5 Å². The molecule has 0 fully saturated rings. The Morgan fingerprint density at radius 1 is 1.10 bits per heavy atom. The Morgan fingerprint density at radius 3 is 2.30 bits per heavy atom. The third kappa shape index (κ3) is 3.37. The van der Waals surface area contributed by atoms with E-state index in [0.717, 1.165) is 16.9 Å². The molecule has 0 aliphatic heterocycles. The summed E-state index contributed by atoms with van der Waals surface area (Å²) < 4.78 is 28.5. The predicted octanol–water partition coefficient (Wildman–Crippen LogP) is 2.65. The fourth-order valence-electron chi connectivity index (χ4n) is 1.76. The van der Waals surface area contributed by atoms with Crippen LogP contribution in [0.3, 0.4) is 0 Å². The lowest BCUT2D eigenvalue weighted by Gasteiger charge is -2.10. The van der Waals surface area contributed by atoms with Crippen LogP contribution in [-0.2, 0) is 16.4 Å². The SMILES string of the molecule is Cc1ccc(CN)cc1Oc1ccc(S(C)(=O)=O)cc1.